The Morgan fingerprint density at radius 3 is 2.59 bits per heavy atom. The topological polar surface area (TPSA) is 39.9 Å². The van der Waals surface area contributed by atoms with Gasteiger partial charge < -0.3 is 4.74 Å². The molecule has 1 fully saturated rings. The van der Waals surface area contributed by atoms with E-state index < -0.39 is 0 Å². The lowest BCUT2D eigenvalue weighted by molar-refractivity contribution is 0.0953. The van der Waals surface area contributed by atoms with Crippen LogP contribution in [0.25, 0.3) is 11.4 Å². The second-order valence-electron chi connectivity index (χ2n) is 6.83. The summed E-state index contributed by atoms with van der Waals surface area (Å²) in [5.41, 5.74) is 3.58. The van der Waals surface area contributed by atoms with E-state index in [1.165, 1.54) is 11.1 Å². The summed E-state index contributed by atoms with van der Waals surface area (Å²) in [5.74, 6) is 1.73. The zero-order valence-corrected chi connectivity index (χ0v) is 16.8. The third-order valence-corrected chi connectivity index (χ3v) is 6.01. The molecule has 0 saturated carbocycles. The van der Waals surface area contributed by atoms with E-state index in [-0.39, 0.29) is 6.10 Å². The van der Waals surface area contributed by atoms with Gasteiger partial charge in [0.2, 0.25) is 0 Å². The van der Waals surface area contributed by atoms with Gasteiger partial charge in [-0.05, 0) is 49.6 Å². The van der Waals surface area contributed by atoms with E-state index in [0.29, 0.717) is 0 Å². The second-order valence-corrected chi connectivity index (χ2v) is 8.21. The highest BCUT2D eigenvalue weighted by molar-refractivity contribution is 7.98. The summed E-state index contributed by atoms with van der Waals surface area (Å²) in [6.45, 7) is 3.73. The number of thioether (sulfide) groups is 1. The van der Waals surface area contributed by atoms with Gasteiger partial charge in [0, 0.05) is 22.9 Å². The second kappa shape index (κ2) is 8.46. The molecule has 4 nitrogen and oxygen atoms in total. The molecule has 0 radical (unpaired) electrons. The first-order valence-electron chi connectivity index (χ1n) is 9.18. The van der Waals surface area contributed by atoms with Crippen LogP contribution in [0.15, 0.2) is 53.7 Å². The minimum atomic E-state index is 0.228. The summed E-state index contributed by atoms with van der Waals surface area (Å²) in [4.78, 5) is 0. The Morgan fingerprint density at radius 2 is 1.89 bits per heavy atom. The molecule has 2 aromatic carbocycles. The molecule has 0 spiro atoms. The molecule has 140 valence electrons. The minimum absolute atomic E-state index is 0.228. The highest BCUT2D eigenvalue weighted by atomic mass is 35.5. The summed E-state index contributed by atoms with van der Waals surface area (Å²) in [6, 6.07) is 16.4. The standard InChI is InChI=1S/C21H22ClN3OS/c1-15-4-6-16(7-5-15)14-27-21-24-23-20(17-8-10-18(22)11-9-17)25(21)13-19-3-2-12-26-19/h4-11,19H,2-3,12-14H2,1H3/t19-/m1/s1. The van der Waals surface area contributed by atoms with Crippen LogP contribution in [0, 0.1) is 6.92 Å². The van der Waals surface area contributed by atoms with Crippen molar-refractivity contribution in [1.29, 1.82) is 0 Å². The molecule has 6 heteroatoms. The average molecular weight is 400 g/mol. The van der Waals surface area contributed by atoms with Crippen LogP contribution in [0.4, 0.5) is 0 Å². The van der Waals surface area contributed by atoms with Crippen molar-refractivity contribution in [3.8, 4) is 11.4 Å². The number of ether oxygens (including phenoxy) is 1. The fourth-order valence-electron chi connectivity index (χ4n) is 3.20. The van der Waals surface area contributed by atoms with E-state index in [1.54, 1.807) is 11.8 Å². The molecule has 0 bridgehead atoms. The van der Waals surface area contributed by atoms with Gasteiger partial charge in [0.1, 0.15) is 0 Å². The predicted octanol–water partition coefficient (Wildman–Crippen LogP) is 5.38. The molecule has 0 unspecified atom stereocenters. The number of benzene rings is 2. The van der Waals surface area contributed by atoms with Crippen molar-refractivity contribution in [3.63, 3.8) is 0 Å². The summed E-state index contributed by atoms with van der Waals surface area (Å²) in [5, 5.41) is 10.6. The van der Waals surface area contributed by atoms with Gasteiger partial charge in [-0.2, -0.15) is 0 Å². The fraction of sp³-hybridized carbons (Fsp3) is 0.333. The van der Waals surface area contributed by atoms with Crippen LogP contribution >= 0.6 is 23.4 Å². The van der Waals surface area contributed by atoms with Crippen molar-refractivity contribution in [2.45, 2.75) is 43.3 Å². The van der Waals surface area contributed by atoms with Gasteiger partial charge in [-0.3, -0.25) is 4.57 Å². The number of aromatic nitrogens is 3. The maximum absolute atomic E-state index is 6.04. The number of halogens is 1. The summed E-state index contributed by atoms with van der Waals surface area (Å²) < 4.78 is 8.05. The molecule has 1 saturated heterocycles. The SMILES string of the molecule is Cc1ccc(CSc2nnc(-c3ccc(Cl)cc3)n2C[C@H]2CCCO2)cc1. The van der Waals surface area contributed by atoms with Crippen molar-refractivity contribution in [2.75, 3.05) is 6.61 Å². The Balaban J connectivity index is 1.59. The Bertz CT molecular complexity index is 887. The summed E-state index contributed by atoms with van der Waals surface area (Å²) >= 11 is 7.76. The molecule has 1 aromatic heterocycles. The van der Waals surface area contributed by atoms with Gasteiger partial charge in [0.15, 0.2) is 11.0 Å². The largest absolute Gasteiger partial charge is 0.376 e. The lowest BCUT2D eigenvalue weighted by Gasteiger charge is -2.15. The molecule has 1 atom stereocenters. The lowest BCUT2D eigenvalue weighted by Crippen LogP contribution is -2.16. The average Bonchev–Trinajstić information content (AvgIpc) is 3.33. The van der Waals surface area contributed by atoms with E-state index in [2.05, 4.69) is 46.0 Å². The van der Waals surface area contributed by atoms with Crippen LogP contribution < -0.4 is 0 Å². The van der Waals surface area contributed by atoms with Gasteiger partial charge in [-0.15, -0.1) is 10.2 Å². The van der Waals surface area contributed by atoms with Crippen LogP contribution in [0.1, 0.15) is 24.0 Å². The lowest BCUT2D eigenvalue weighted by atomic mass is 10.2. The van der Waals surface area contributed by atoms with E-state index in [9.17, 15) is 0 Å². The zero-order chi connectivity index (χ0) is 18.6. The molecule has 1 aliphatic heterocycles. The highest BCUT2D eigenvalue weighted by Crippen LogP contribution is 2.29. The molecule has 0 aliphatic carbocycles. The summed E-state index contributed by atoms with van der Waals surface area (Å²) in [6.07, 6.45) is 2.43. The molecule has 4 rings (SSSR count). The van der Waals surface area contributed by atoms with Crippen LogP contribution in [0.3, 0.4) is 0 Å². The van der Waals surface area contributed by atoms with Gasteiger partial charge in [0.05, 0.1) is 12.6 Å². The Kier molecular flexibility index (Phi) is 5.81. The molecule has 27 heavy (non-hydrogen) atoms. The molecule has 1 aliphatic rings. The van der Waals surface area contributed by atoms with E-state index in [4.69, 9.17) is 16.3 Å². The maximum Gasteiger partial charge on any atom is 0.191 e. The third kappa shape index (κ3) is 4.54. The van der Waals surface area contributed by atoms with Crippen molar-refractivity contribution < 1.29 is 4.74 Å². The molecule has 0 N–H and O–H groups in total. The van der Waals surface area contributed by atoms with Gasteiger partial charge >= 0.3 is 0 Å². The number of aryl methyl sites for hydroxylation is 1. The number of hydrogen-bond donors (Lipinski definition) is 0. The van der Waals surface area contributed by atoms with Crippen LogP contribution in [-0.2, 0) is 17.0 Å². The number of nitrogens with zero attached hydrogens (tertiary/aromatic N) is 3. The Hall–Kier alpha value is -1.82. The smallest absolute Gasteiger partial charge is 0.191 e. The normalized spacial score (nSPS) is 16.7. The van der Waals surface area contributed by atoms with Crippen molar-refractivity contribution in [1.82, 2.24) is 14.8 Å². The van der Waals surface area contributed by atoms with E-state index >= 15 is 0 Å². The Morgan fingerprint density at radius 1 is 1.11 bits per heavy atom. The molecule has 3 aromatic rings. The van der Waals surface area contributed by atoms with Gasteiger partial charge in [-0.25, -0.2) is 0 Å². The van der Waals surface area contributed by atoms with Crippen molar-refractivity contribution in [3.05, 3.63) is 64.7 Å². The zero-order valence-electron chi connectivity index (χ0n) is 15.3. The van der Waals surface area contributed by atoms with E-state index in [0.717, 1.165) is 53.3 Å². The minimum Gasteiger partial charge on any atom is -0.376 e. The number of hydrogen-bond acceptors (Lipinski definition) is 4. The molecular weight excluding hydrogens is 378 g/mol. The van der Waals surface area contributed by atoms with Gasteiger partial charge in [-0.1, -0.05) is 53.2 Å². The summed E-state index contributed by atoms with van der Waals surface area (Å²) in [7, 11) is 0. The monoisotopic (exact) mass is 399 g/mol. The van der Waals surface area contributed by atoms with Crippen LogP contribution in [-0.4, -0.2) is 27.5 Å². The van der Waals surface area contributed by atoms with Gasteiger partial charge in [0.25, 0.3) is 0 Å². The van der Waals surface area contributed by atoms with E-state index in [1.807, 2.05) is 24.3 Å². The van der Waals surface area contributed by atoms with Crippen LogP contribution in [0.2, 0.25) is 5.02 Å². The third-order valence-electron chi connectivity index (χ3n) is 4.72. The maximum atomic E-state index is 6.04. The molecular formula is C21H22ClN3OS. The quantitative estimate of drug-likeness (QED) is 0.522. The molecule has 0 amide bonds. The van der Waals surface area contributed by atoms with Crippen LogP contribution in [0.5, 0.6) is 0 Å². The van der Waals surface area contributed by atoms with Crippen molar-refractivity contribution >= 4 is 23.4 Å². The highest BCUT2D eigenvalue weighted by Gasteiger charge is 2.21. The number of rotatable bonds is 6. The van der Waals surface area contributed by atoms with Crippen molar-refractivity contribution in [2.24, 2.45) is 0 Å². The first-order valence-corrected chi connectivity index (χ1v) is 10.5. The first-order chi connectivity index (χ1) is 13.2. The Labute approximate surface area is 168 Å². The fourth-order valence-corrected chi connectivity index (χ4v) is 4.23. The first kappa shape index (κ1) is 18.5. The molecule has 2 heterocycles. The predicted molar refractivity (Wildman–Crippen MR) is 110 cm³/mol.